The summed E-state index contributed by atoms with van der Waals surface area (Å²) >= 11 is 0. The van der Waals surface area contributed by atoms with Gasteiger partial charge in [-0.3, -0.25) is 4.90 Å². The SMILES string of the molecule is CC(OC(=O)N1CCC2(CCN(Cc3cccc4c3CN(S(C)(=O)=O)CC4)C2)CC1)C(F)(F)F. The number of nitrogens with zero attached hydrogens (tertiary/aromatic N) is 3. The van der Waals surface area contributed by atoms with Gasteiger partial charge in [0, 0.05) is 39.3 Å². The number of fused-ring (bicyclic) bond motifs is 1. The molecule has 4 rings (SSSR count). The fraction of sp³-hybridized carbons (Fsp3) is 0.696. The largest absolute Gasteiger partial charge is 0.437 e. The molecule has 2 saturated heterocycles. The van der Waals surface area contributed by atoms with Crippen molar-refractivity contribution in [2.45, 2.75) is 58.0 Å². The van der Waals surface area contributed by atoms with Crippen molar-refractivity contribution in [3.05, 3.63) is 34.9 Å². The van der Waals surface area contributed by atoms with Gasteiger partial charge in [-0.1, -0.05) is 18.2 Å². The molecule has 0 N–H and O–H groups in total. The molecular weight excluding hydrogens is 471 g/mol. The number of alkyl halides is 3. The second-order valence-electron chi connectivity index (χ2n) is 9.92. The zero-order valence-electron chi connectivity index (χ0n) is 19.6. The average Bonchev–Trinajstić information content (AvgIpc) is 3.14. The third-order valence-corrected chi connectivity index (χ3v) is 8.79. The van der Waals surface area contributed by atoms with Crippen molar-refractivity contribution in [3.8, 4) is 0 Å². The maximum absolute atomic E-state index is 12.7. The third-order valence-electron chi connectivity index (χ3n) is 7.54. The number of sulfonamides is 1. The Morgan fingerprint density at radius 1 is 1.15 bits per heavy atom. The molecule has 3 aliphatic rings. The van der Waals surface area contributed by atoms with Crippen molar-refractivity contribution in [1.82, 2.24) is 14.1 Å². The van der Waals surface area contributed by atoms with Gasteiger partial charge in [-0.2, -0.15) is 17.5 Å². The fourth-order valence-electron chi connectivity index (χ4n) is 5.32. The van der Waals surface area contributed by atoms with Crippen LogP contribution in [0.15, 0.2) is 18.2 Å². The first-order chi connectivity index (χ1) is 15.9. The van der Waals surface area contributed by atoms with Crippen molar-refractivity contribution >= 4 is 16.1 Å². The standard InChI is InChI=1S/C23H32F3N3O4S/c1-17(23(24,25)26)33-21(30)28-12-8-22(9-13-28)7-11-27(16-22)14-19-5-3-4-18-6-10-29(15-20(18)19)34(2,31)32/h3-5,17H,6-16H2,1-2H3. The number of carbonyl (C=O) groups excluding carboxylic acids is 1. The lowest BCUT2D eigenvalue weighted by molar-refractivity contribution is -0.200. The van der Waals surface area contributed by atoms with Crippen LogP contribution in [0.3, 0.4) is 0 Å². The zero-order valence-corrected chi connectivity index (χ0v) is 20.4. The Labute approximate surface area is 198 Å². The van der Waals surface area contributed by atoms with Crippen LogP contribution in [0.1, 0.15) is 42.9 Å². The Morgan fingerprint density at radius 3 is 2.47 bits per heavy atom. The number of halogens is 3. The molecule has 1 atom stereocenters. The highest BCUT2D eigenvalue weighted by Crippen LogP contribution is 2.41. The molecule has 1 amide bonds. The third kappa shape index (κ3) is 5.52. The Hall–Kier alpha value is -1.85. The molecule has 0 saturated carbocycles. The molecule has 190 valence electrons. The monoisotopic (exact) mass is 503 g/mol. The molecule has 0 bridgehead atoms. The number of benzene rings is 1. The summed E-state index contributed by atoms with van der Waals surface area (Å²) in [5, 5.41) is 0. The van der Waals surface area contributed by atoms with E-state index in [4.69, 9.17) is 0 Å². The predicted molar refractivity (Wildman–Crippen MR) is 121 cm³/mol. The summed E-state index contributed by atoms with van der Waals surface area (Å²) in [7, 11) is -3.25. The summed E-state index contributed by atoms with van der Waals surface area (Å²) < 4.78 is 68.3. The van der Waals surface area contributed by atoms with Crippen molar-refractivity contribution < 1.29 is 31.1 Å². The van der Waals surface area contributed by atoms with E-state index in [0.29, 0.717) is 32.6 Å². The van der Waals surface area contributed by atoms with E-state index in [1.54, 1.807) is 0 Å². The summed E-state index contributed by atoms with van der Waals surface area (Å²) in [4.78, 5) is 15.9. The zero-order chi connectivity index (χ0) is 24.7. The molecule has 0 aromatic heterocycles. The molecule has 1 unspecified atom stereocenters. The number of carbonyl (C=O) groups is 1. The van der Waals surface area contributed by atoms with Gasteiger partial charge in [-0.15, -0.1) is 0 Å². The molecule has 3 aliphatic heterocycles. The van der Waals surface area contributed by atoms with E-state index in [1.165, 1.54) is 21.0 Å². The summed E-state index contributed by atoms with van der Waals surface area (Å²) in [6, 6.07) is 6.16. The van der Waals surface area contributed by atoms with Gasteiger partial charge in [0.1, 0.15) is 0 Å². The van der Waals surface area contributed by atoms with Crippen LogP contribution < -0.4 is 0 Å². The quantitative estimate of drug-likeness (QED) is 0.630. The van der Waals surface area contributed by atoms with Crippen LogP contribution in [0.5, 0.6) is 0 Å². The molecule has 11 heteroatoms. The Morgan fingerprint density at radius 2 is 1.82 bits per heavy atom. The summed E-state index contributed by atoms with van der Waals surface area (Å²) in [6.07, 6.45) is -3.20. The molecule has 1 spiro atoms. The topological polar surface area (TPSA) is 70.2 Å². The maximum atomic E-state index is 12.7. The number of likely N-dealkylation sites (tertiary alicyclic amines) is 2. The number of piperidine rings is 1. The van der Waals surface area contributed by atoms with Gasteiger partial charge >= 0.3 is 12.3 Å². The van der Waals surface area contributed by atoms with Crippen LogP contribution in [0, 0.1) is 5.41 Å². The minimum atomic E-state index is -4.56. The van der Waals surface area contributed by atoms with E-state index in [0.717, 1.165) is 56.9 Å². The average molecular weight is 504 g/mol. The predicted octanol–water partition coefficient (Wildman–Crippen LogP) is 3.38. The Balaban J connectivity index is 1.35. The molecule has 0 radical (unpaired) electrons. The van der Waals surface area contributed by atoms with E-state index >= 15 is 0 Å². The first-order valence-electron chi connectivity index (χ1n) is 11.7. The maximum Gasteiger partial charge on any atom is 0.425 e. The number of hydrogen-bond donors (Lipinski definition) is 0. The van der Waals surface area contributed by atoms with E-state index in [-0.39, 0.29) is 5.41 Å². The number of amides is 1. The van der Waals surface area contributed by atoms with Crippen molar-refractivity contribution in [1.29, 1.82) is 0 Å². The lowest BCUT2D eigenvalue weighted by atomic mass is 9.78. The molecule has 3 heterocycles. The summed E-state index contributed by atoms with van der Waals surface area (Å²) in [5.41, 5.74) is 3.48. The van der Waals surface area contributed by atoms with Crippen molar-refractivity contribution in [2.24, 2.45) is 5.41 Å². The lowest BCUT2D eigenvalue weighted by Crippen LogP contribution is -2.46. The van der Waals surface area contributed by atoms with Gasteiger partial charge in [0.25, 0.3) is 0 Å². The number of hydrogen-bond acceptors (Lipinski definition) is 5. The van der Waals surface area contributed by atoms with Crippen molar-refractivity contribution in [3.63, 3.8) is 0 Å². The highest BCUT2D eigenvalue weighted by atomic mass is 32.2. The summed E-state index contributed by atoms with van der Waals surface area (Å²) in [5.74, 6) is 0. The lowest BCUT2D eigenvalue weighted by Gasteiger charge is -2.39. The van der Waals surface area contributed by atoms with Crippen LogP contribution in [0.25, 0.3) is 0 Å². The smallest absolute Gasteiger partial charge is 0.425 e. The van der Waals surface area contributed by atoms with Crippen molar-refractivity contribution in [2.75, 3.05) is 39.0 Å². The van der Waals surface area contributed by atoms with E-state index in [1.807, 2.05) is 6.07 Å². The molecule has 1 aromatic carbocycles. The van der Waals surface area contributed by atoms with Crippen LogP contribution >= 0.6 is 0 Å². The van der Waals surface area contributed by atoms with Gasteiger partial charge in [-0.25, -0.2) is 13.2 Å². The highest BCUT2D eigenvalue weighted by Gasteiger charge is 2.44. The highest BCUT2D eigenvalue weighted by molar-refractivity contribution is 7.88. The normalized spacial score (nSPS) is 22.6. The van der Waals surface area contributed by atoms with Crippen LogP contribution in [-0.4, -0.2) is 79.9 Å². The van der Waals surface area contributed by atoms with Gasteiger partial charge in [0.15, 0.2) is 6.10 Å². The second-order valence-corrected chi connectivity index (χ2v) is 11.9. The van der Waals surface area contributed by atoms with Crippen LogP contribution in [0.2, 0.25) is 0 Å². The first-order valence-corrected chi connectivity index (χ1v) is 13.5. The molecular formula is C23H32F3N3O4S. The molecule has 7 nitrogen and oxygen atoms in total. The van der Waals surface area contributed by atoms with E-state index in [2.05, 4.69) is 21.8 Å². The molecule has 2 fully saturated rings. The fourth-order valence-corrected chi connectivity index (χ4v) is 6.11. The minimum absolute atomic E-state index is 0.0417. The van der Waals surface area contributed by atoms with E-state index < -0.39 is 28.4 Å². The molecule has 34 heavy (non-hydrogen) atoms. The van der Waals surface area contributed by atoms with Crippen LogP contribution in [0.4, 0.5) is 18.0 Å². The van der Waals surface area contributed by atoms with Gasteiger partial charge in [0.05, 0.1) is 6.26 Å². The van der Waals surface area contributed by atoms with Gasteiger partial charge < -0.3 is 9.64 Å². The second kappa shape index (κ2) is 9.31. The number of rotatable bonds is 4. The Bertz CT molecular complexity index is 1020. The van der Waals surface area contributed by atoms with Gasteiger partial charge in [-0.05, 0) is 61.3 Å². The number of ether oxygens (including phenoxy) is 1. The van der Waals surface area contributed by atoms with Gasteiger partial charge in [0.2, 0.25) is 10.0 Å². The molecule has 1 aromatic rings. The first kappa shape index (κ1) is 25.2. The molecule has 0 aliphatic carbocycles. The summed E-state index contributed by atoms with van der Waals surface area (Å²) in [6.45, 7) is 5.01. The minimum Gasteiger partial charge on any atom is -0.437 e. The van der Waals surface area contributed by atoms with Crippen LogP contribution in [-0.2, 0) is 34.3 Å². The Kier molecular flexibility index (Phi) is 6.91. The van der Waals surface area contributed by atoms with E-state index in [9.17, 15) is 26.4 Å².